The zero-order chi connectivity index (χ0) is 14.8. The fraction of sp³-hybridized carbons (Fsp3) is 0.842. The average Bonchev–Trinajstić information content (AvgIpc) is 2.76. The summed E-state index contributed by atoms with van der Waals surface area (Å²) in [6.07, 6.45) is 10.7. The van der Waals surface area contributed by atoms with Gasteiger partial charge in [-0.1, -0.05) is 25.5 Å². The molecule has 3 fully saturated rings. The maximum Gasteiger partial charge on any atom is 0.139 e. The molecule has 21 heavy (non-hydrogen) atoms. The molecular formula is C19H28O2. The highest BCUT2D eigenvalue weighted by atomic mass is 16.3. The molecular weight excluding hydrogens is 260 g/mol. The van der Waals surface area contributed by atoms with Crippen molar-refractivity contribution in [2.24, 2.45) is 28.6 Å². The van der Waals surface area contributed by atoms with E-state index in [-0.39, 0.29) is 11.5 Å². The highest BCUT2D eigenvalue weighted by Crippen LogP contribution is 2.63. The van der Waals surface area contributed by atoms with E-state index in [0.717, 1.165) is 50.9 Å². The van der Waals surface area contributed by atoms with E-state index in [1.807, 2.05) is 0 Å². The largest absolute Gasteiger partial charge is 0.393 e. The van der Waals surface area contributed by atoms with E-state index in [4.69, 9.17) is 0 Å². The van der Waals surface area contributed by atoms with E-state index < -0.39 is 0 Å². The molecule has 0 aliphatic heterocycles. The van der Waals surface area contributed by atoms with Crippen molar-refractivity contribution < 1.29 is 9.90 Å². The molecule has 0 saturated heterocycles. The van der Waals surface area contributed by atoms with Crippen LogP contribution in [0.4, 0.5) is 0 Å². The van der Waals surface area contributed by atoms with Crippen LogP contribution in [0.1, 0.15) is 65.2 Å². The molecule has 0 aromatic rings. The first kappa shape index (κ1) is 14.0. The Bertz CT molecular complexity index is 508. The van der Waals surface area contributed by atoms with Crippen LogP contribution < -0.4 is 0 Å². The van der Waals surface area contributed by atoms with Gasteiger partial charge in [0.15, 0.2) is 0 Å². The van der Waals surface area contributed by atoms with Crippen LogP contribution in [-0.4, -0.2) is 17.0 Å². The summed E-state index contributed by atoms with van der Waals surface area (Å²) < 4.78 is 0. The molecule has 2 nitrogen and oxygen atoms in total. The smallest absolute Gasteiger partial charge is 0.139 e. The van der Waals surface area contributed by atoms with Crippen LogP contribution in [0.2, 0.25) is 0 Å². The predicted molar refractivity (Wildman–Crippen MR) is 82.7 cm³/mol. The summed E-state index contributed by atoms with van der Waals surface area (Å²) in [7, 11) is 0. The second-order valence-corrected chi connectivity index (χ2v) is 8.57. The number of fused-ring (bicyclic) bond motifs is 5. The topological polar surface area (TPSA) is 37.3 Å². The normalized spacial score (nSPS) is 52.7. The second kappa shape index (κ2) is 4.44. The van der Waals surface area contributed by atoms with Crippen molar-refractivity contribution in [3.05, 3.63) is 11.6 Å². The fourth-order valence-corrected chi connectivity index (χ4v) is 6.41. The van der Waals surface area contributed by atoms with Gasteiger partial charge in [0.2, 0.25) is 0 Å². The molecule has 0 aromatic carbocycles. The lowest BCUT2D eigenvalue weighted by Gasteiger charge is -2.56. The molecule has 0 bridgehead atoms. The van der Waals surface area contributed by atoms with E-state index in [0.29, 0.717) is 23.0 Å². The zero-order valence-electron chi connectivity index (χ0n) is 13.4. The van der Waals surface area contributed by atoms with Crippen molar-refractivity contribution >= 4 is 5.78 Å². The first-order valence-electron chi connectivity index (χ1n) is 8.86. The zero-order valence-corrected chi connectivity index (χ0v) is 13.4. The van der Waals surface area contributed by atoms with Gasteiger partial charge in [-0.3, -0.25) is 4.79 Å². The van der Waals surface area contributed by atoms with Gasteiger partial charge in [-0.25, -0.2) is 0 Å². The molecule has 1 unspecified atom stereocenters. The number of hydrogen-bond donors (Lipinski definition) is 1. The van der Waals surface area contributed by atoms with Crippen LogP contribution in [0.3, 0.4) is 0 Å². The molecule has 0 heterocycles. The van der Waals surface area contributed by atoms with E-state index in [1.165, 1.54) is 12.0 Å². The van der Waals surface area contributed by atoms with Crippen LogP contribution in [0, 0.1) is 28.6 Å². The van der Waals surface area contributed by atoms with Crippen molar-refractivity contribution in [3.8, 4) is 0 Å². The summed E-state index contributed by atoms with van der Waals surface area (Å²) in [4.78, 5) is 12.4. The number of ketones is 1. The van der Waals surface area contributed by atoms with E-state index in [9.17, 15) is 9.90 Å². The van der Waals surface area contributed by atoms with Gasteiger partial charge in [0.1, 0.15) is 5.78 Å². The maximum atomic E-state index is 12.4. The van der Waals surface area contributed by atoms with Gasteiger partial charge < -0.3 is 5.11 Å². The number of hydrogen-bond acceptors (Lipinski definition) is 2. The van der Waals surface area contributed by atoms with Gasteiger partial charge in [-0.2, -0.15) is 0 Å². The maximum absolute atomic E-state index is 12.4. The molecule has 3 saturated carbocycles. The number of aliphatic hydroxyl groups is 1. The van der Waals surface area contributed by atoms with Gasteiger partial charge in [-0.15, -0.1) is 0 Å². The average molecular weight is 288 g/mol. The van der Waals surface area contributed by atoms with Crippen LogP contribution in [0.15, 0.2) is 11.6 Å². The molecule has 0 amide bonds. The SMILES string of the molecule is C[C@]12CC[C@H](O)CC1=CC[C@H]1C2CC[C@]2(C)C(=O)CC[C@@H]12. The van der Waals surface area contributed by atoms with E-state index in [1.54, 1.807) is 0 Å². The lowest BCUT2D eigenvalue weighted by molar-refractivity contribution is -0.132. The van der Waals surface area contributed by atoms with Crippen molar-refractivity contribution in [3.63, 3.8) is 0 Å². The third-order valence-corrected chi connectivity index (χ3v) is 7.79. The quantitative estimate of drug-likeness (QED) is 0.687. The van der Waals surface area contributed by atoms with Crippen LogP contribution in [0.5, 0.6) is 0 Å². The highest BCUT2D eigenvalue weighted by Gasteiger charge is 2.58. The van der Waals surface area contributed by atoms with Crippen LogP contribution in [0.25, 0.3) is 0 Å². The summed E-state index contributed by atoms with van der Waals surface area (Å²) in [5.41, 5.74) is 1.81. The van der Waals surface area contributed by atoms with Crippen molar-refractivity contribution in [2.75, 3.05) is 0 Å². The first-order chi connectivity index (χ1) is 9.95. The Morgan fingerprint density at radius 1 is 1.10 bits per heavy atom. The number of rotatable bonds is 0. The van der Waals surface area contributed by atoms with Crippen molar-refractivity contribution in [2.45, 2.75) is 71.3 Å². The highest BCUT2D eigenvalue weighted by molar-refractivity contribution is 5.87. The molecule has 4 aliphatic carbocycles. The van der Waals surface area contributed by atoms with Crippen molar-refractivity contribution in [1.82, 2.24) is 0 Å². The number of carbonyl (C=O) groups is 1. The minimum Gasteiger partial charge on any atom is -0.393 e. The lowest BCUT2D eigenvalue weighted by atomic mass is 9.48. The molecule has 116 valence electrons. The number of aliphatic hydroxyl groups excluding tert-OH is 1. The minimum absolute atomic E-state index is 0.0168. The van der Waals surface area contributed by atoms with Crippen LogP contribution in [-0.2, 0) is 4.79 Å². The summed E-state index contributed by atoms with van der Waals surface area (Å²) in [6, 6.07) is 0. The molecule has 0 aromatic heterocycles. The Morgan fingerprint density at radius 2 is 1.81 bits per heavy atom. The number of carbonyl (C=O) groups excluding carboxylic acids is 1. The third-order valence-electron chi connectivity index (χ3n) is 7.79. The number of Topliss-reactive ketones (excluding diaryl/α,β-unsaturated/α-hetero) is 1. The molecule has 1 N–H and O–H groups in total. The van der Waals surface area contributed by atoms with Gasteiger partial charge >= 0.3 is 0 Å². The second-order valence-electron chi connectivity index (χ2n) is 8.57. The Morgan fingerprint density at radius 3 is 2.62 bits per heavy atom. The Hall–Kier alpha value is -0.630. The number of allylic oxidation sites excluding steroid dienone is 1. The third kappa shape index (κ3) is 1.78. The summed E-state index contributed by atoms with van der Waals surface area (Å²) >= 11 is 0. The summed E-state index contributed by atoms with van der Waals surface area (Å²) in [5, 5.41) is 10.00. The molecule has 6 atom stereocenters. The standard InChI is InChI=1S/C19H28O2/c1-18-9-7-13(20)11-12(18)3-4-14-15-5-6-17(21)19(15,2)10-8-16(14)18/h3,13-16,20H,4-11H2,1-2H3/t13-,14+,15-,16?,18-,19-/m0/s1. The fourth-order valence-electron chi connectivity index (χ4n) is 6.41. The Balaban J connectivity index is 1.69. The van der Waals surface area contributed by atoms with Gasteiger partial charge in [-0.05, 0) is 68.1 Å². The molecule has 0 radical (unpaired) electrons. The summed E-state index contributed by atoms with van der Waals surface area (Å²) in [6.45, 7) is 4.69. The van der Waals surface area contributed by atoms with Gasteiger partial charge in [0.25, 0.3) is 0 Å². The Labute approximate surface area is 128 Å². The van der Waals surface area contributed by atoms with Crippen LogP contribution >= 0.6 is 0 Å². The monoisotopic (exact) mass is 288 g/mol. The Kier molecular flexibility index (Phi) is 2.96. The minimum atomic E-state index is -0.122. The molecule has 2 heteroatoms. The van der Waals surface area contributed by atoms with Crippen molar-refractivity contribution in [1.29, 1.82) is 0 Å². The molecule has 0 spiro atoms. The lowest BCUT2D eigenvalue weighted by Crippen LogP contribution is -2.50. The molecule has 4 aliphatic rings. The van der Waals surface area contributed by atoms with Gasteiger partial charge in [0.05, 0.1) is 6.10 Å². The predicted octanol–water partition coefficient (Wildman–Crippen LogP) is 3.88. The molecule has 4 rings (SSSR count). The van der Waals surface area contributed by atoms with Gasteiger partial charge in [0, 0.05) is 11.8 Å². The summed E-state index contributed by atoms with van der Waals surface area (Å²) in [5.74, 6) is 2.60. The van der Waals surface area contributed by atoms with E-state index in [2.05, 4.69) is 19.9 Å². The first-order valence-corrected chi connectivity index (χ1v) is 8.86. The van der Waals surface area contributed by atoms with E-state index >= 15 is 0 Å².